The lowest BCUT2D eigenvalue weighted by Crippen LogP contribution is -2.31. The molecule has 19 heavy (non-hydrogen) atoms. The number of aliphatic hydroxyl groups excluding tert-OH is 1. The fraction of sp³-hybridized carbons (Fsp3) is 0.583. The van der Waals surface area contributed by atoms with Crippen LogP contribution in [0.5, 0.6) is 0 Å². The molecule has 4 nitrogen and oxygen atoms in total. The van der Waals surface area contributed by atoms with E-state index in [1.54, 1.807) is 6.92 Å². The molecule has 1 aliphatic carbocycles. The minimum absolute atomic E-state index is 0.00382. The first kappa shape index (κ1) is 13.9. The molecule has 0 spiro atoms. The second-order valence-corrected chi connectivity index (χ2v) is 4.40. The van der Waals surface area contributed by atoms with Crippen LogP contribution in [0.25, 0.3) is 0 Å². The van der Waals surface area contributed by atoms with Crippen molar-refractivity contribution in [1.82, 2.24) is 0 Å². The average Bonchev–Trinajstić information content (AvgIpc) is 2.72. The van der Waals surface area contributed by atoms with Crippen LogP contribution in [0.15, 0.2) is 10.7 Å². The molecule has 0 saturated carbocycles. The number of hydrogen-bond acceptors (Lipinski definition) is 4. The van der Waals surface area contributed by atoms with E-state index in [0.29, 0.717) is 0 Å². The number of aliphatic hydroxyl groups is 1. The fourth-order valence-corrected chi connectivity index (χ4v) is 2.24. The smallest absolute Gasteiger partial charge is 0.392 e. The number of hydrogen-bond donors (Lipinski definition) is 1. The molecule has 0 unspecified atom stereocenters. The molecular weight excluding hydrogens is 265 g/mol. The molecule has 106 valence electrons. The summed E-state index contributed by atoms with van der Waals surface area (Å²) >= 11 is 0. The van der Waals surface area contributed by atoms with Gasteiger partial charge < -0.3 is 14.3 Å². The molecule has 0 amide bonds. The van der Waals surface area contributed by atoms with E-state index < -0.39 is 30.6 Å². The van der Waals surface area contributed by atoms with Crippen molar-refractivity contribution in [3.8, 4) is 0 Å². The Bertz CT molecular complexity index is 478. The number of esters is 1. The third-order valence-electron chi connectivity index (χ3n) is 3.14. The summed E-state index contributed by atoms with van der Waals surface area (Å²) in [7, 11) is 0. The van der Waals surface area contributed by atoms with Gasteiger partial charge in [0.05, 0.1) is 18.6 Å². The summed E-state index contributed by atoms with van der Waals surface area (Å²) in [6.45, 7) is 1.75. The van der Waals surface area contributed by atoms with Crippen molar-refractivity contribution in [3.05, 3.63) is 23.2 Å². The van der Waals surface area contributed by atoms with Gasteiger partial charge in [0, 0.05) is 12.0 Å². The van der Waals surface area contributed by atoms with Crippen LogP contribution in [0.4, 0.5) is 13.2 Å². The minimum atomic E-state index is -4.39. The van der Waals surface area contributed by atoms with E-state index in [4.69, 9.17) is 9.15 Å². The topological polar surface area (TPSA) is 59.7 Å². The Labute approximate surface area is 107 Å². The Morgan fingerprint density at radius 2 is 2.26 bits per heavy atom. The summed E-state index contributed by atoms with van der Waals surface area (Å²) in [4.78, 5) is 11.6. The van der Waals surface area contributed by atoms with Crippen LogP contribution < -0.4 is 0 Å². The first-order chi connectivity index (χ1) is 8.84. The Morgan fingerprint density at radius 1 is 1.58 bits per heavy atom. The Balaban J connectivity index is 2.30. The van der Waals surface area contributed by atoms with Crippen molar-refractivity contribution < 1.29 is 32.2 Å². The number of carbonyl (C=O) groups excluding carboxylic acids is 1. The standard InChI is InChI=1S/C12H13F3O4/c1-2-18-11(17)7-5-19-9-4-6(12(13,14)15)3-8(16)10(7)9/h5-6,8,16H,2-4H2,1H3/t6-,8+/m0/s1. The zero-order valence-corrected chi connectivity index (χ0v) is 10.2. The Kier molecular flexibility index (Phi) is 3.58. The van der Waals surface area contributed by atoms with Crippen molar-refractivity contribution in [2.24, 2.45) is 5.92 Å². The van der Waals surface area contributed by atoms with Crippen LogP contribution in [-0.4, -0.2) is 23.9 Å². The van der Waals surface area contributed by atoms with Crippen LogP contribution in [-0.2, 0) is 11.2 Å². The van der Waals surface area contributed by atoms with Crippen LogP contribution in [0.1, 0.15) is 41.1 Å². The van der Waals surface area contributed by atoms with Crippen molar-refractivity contribution in [2.45, 2.75) is 32.0 Å². The largest absolute Gasteiger partial charge is 0.468 e. The number of alkyl halides is 3. The quantitative estimate of drug-likeness (QED) is 0.845. The first-order valence-corrected chi connectivity index (χ1v) is 5.86. The molecule has 1 N–H and O–H groups in total. The van der Waals surface area contributed by atoms with Crippen molar-refractivity contribution in [2.75, 3.05) is 6.61 Å². The second kappa shape index (κ2) is 4.88. The molecule has 2 rings (SSSR count). The highest BCUT2D eigenvalue weighted by Crippen LogP contribution is 2.43. The Hall–Kier alpha value is -1.50. The molecule has 0 aromatic carbocycles. The molecule has 7 heteroatoms. The molecule has 0 bridgehead atoms. The van der Waals surface area contributed by atoms with Gasteiger partial charge in [-0.05, 0) is 13.3 Å². The van der Waals surface area contributed by atoms with Crippen LogP contribution >= 0.6 is 0 Å². The van der Waals surface area contributed by atoms with E-state index in [1.807, 2.05) is 0 Å². The third kappa shape index (κ3) is 2.60. The number of rotatable bonds is 2. The molecular formula is C12H13F3O4. The fourth-order valence-electron chi connectivity index (χ4n) is 2.24. The zero-order valence-electron chi connectivity index (χ0n) is 10.2. The van der Waals surface area contributed by atoms with Gasteiger partial charge in [-0.25, -0.2) is 4.79 Å². The molecule has 2 atom stereocenters. The first-order valence-electron chi connectivity index (χ1n) is 5.86. The number of furan rings is 1. The lowest BCUT2D eigenvalue weighted by molar-refractivity contribution is -0.185. The molecule has 0 radical (unpaired) electrons. The molecule has 1 aromatic rings. The van der Waals surface area contributed by atoms with Gasteiger partial charge in [0.1, 0.15) is 17.6 Å². The summed E-state index contributed by atoms with van der Waals surface area (Å²) in [5.41, 5.74) is 0.129. The van der Waals surface area contributed by atoms with Gasteiger partial charge in [-0.1, -0.05) is 0 Å². The maximum absolute atomic E-state index is 12.7. The predicted octanol–water partition coefficient (Wildman–Crippen LogP) is 2.61. The van der Waals surface area contributed by atoms with Gasteiger partial charge >= 0.3 is 12.1 Å². The van der Waals surface area contributed by atoms with E-state index >= 15 is 0 Å². The zero-order chi connectivity index (χ0) is 14.2. The van der Waals surface area contributed by atoms with E-state index in [9.17, 15) is 23.1 Å². The van der Waals surface area contributed by atoms with E-state index in [2.05, 4.69) is 0 Å². The SMILES string of the molecule is CCOC(=O)c1coc2c1[C@H](O)C[C@H](C(F)(F)F)C2. The van der Waals surface area contributed by atoms with Gasteiger partial charge in [-0.2, -0.15) is 13.2 Å². The Morgan fingerprint density at radius 3 is 2.84 bits per heavy atom. The van der Waals surface area contributed by atoms with Crippen molar-refractivity contribution in [1.29, 1.82) is 0 Å². The monoisotopic (exact) mass is 278 g/mol. The highest BCUT2D eigenvalue weighted by Gasteiger charge is 2.46. The normalized spacial score (nSPS) is 23.0. The summed E-state index contributed by atoms with van der Waals surface area (Å²) in [6, 6.07) is 0. The van der Waals surface area contributed by atoms with Crippen LogP contribution in [0.2, 0.25) is 0 Å². The van der Waals surface area contributed by atoms with Crippen molar-refractivity contribution in [3.63, 3.8) is 0 Å². The summed E-state index contributed by atoms with van der Waals surface area (Å²) in [5.74, 6) is -2.35. The van der Waals surface area contributed by atoms with E-state index in [0.717, 1.165) is 6.26 Å². The highest BCUT2D eigenvalue weighted by molar-refractivity contribution is 5.91. The predicted molar refractivity (Wildman–Crippen MR) is 57.5 cm³/mol. The second-order valence-electron chi connectivity index (χ2n) is 4.40. The van der Waals surface area contributed by atoms with Crippen molar-refractivity contribution >= 4 is 5.97 Å². The van der Waals surface area contributed by atoms with E-state index in [1.165, 1.54) is 0 Å². The molecule has 0 aliphatic heterocycles. The van der Waals surface area contributed by atoms with Gasteiger partial charge in [0.15, 0.2) is 0 Å². The molecule has 1 aromatic heterocycles. The molecule has 0 saturated heterocycles. The number of ether oxygens (including phenoxy) is 1. The number of fused-ring (bicyclic) bond motifs is 1. The molecule has 1 heterocycles. The van der Waals surface area contributed by atoms with Gasteiger partial charge in [0.2, 0.25) is 0 Å². The maximum Gasteiger partial charge on any atom is 0.392 e. The lowest BCUT2D eigenvalue weighted by Gasteiger charge is -2.27. The van der Waals surface area contributed by atoms with Gasteiger partial charge in [0.25, 0.3) is 0 Å². The van der Waals surface area contributed by atoms with Gasteiger partial charge in [-0.15, -0.1) is 0 Å². The van der Waals surface area contributed by atoms with E-state index in [-0.39, 0.29) is 29.9 Å². The number of carbonyl (C=O) groups is 1. The third-order valence-corrected chi connectivity index (χ3v) is 3.14. The lowest BCUT2D eigenvalue weighted by atomic mass is 9.84. The summed E-state index contributed by atoms with van der Waals surface area (Å²) in [6.07, 6.45) is -5.55. The number of halogens is 3. The molecule has 0 fully saturated rings. The van der Waals surface area contributed by atoms with Gasteiger partial charge in [-0.3, -0.25) is 0 Å². The summed E-state index contributed by atoms with van der Waals surface area (Å²) < 4.78 is 47.7. The van der Waals surface area contributed by atoms with Crippen LogP contribution in [0.3, 0.4) is 0 Å². The molecule has 1 aliphatic rings. The summed E-state index contributed by atoms with van der Waals surface area (Å²) in [5, 5.41) is 9.81. The van der Waals surface area contributed by atoms with Crippen LogP contribution in [0, 0.1) is 5.92 Å². The minimum Gasteiger partial charge on any atom is -0.468 e. The average molecular weight is 278 g/mol. The maximum atomic E-state index is 12.7. The highest BCUT2D eigenvalue weighted by atomic mass is 19.4.